The third-order valence-electron chi connectivity index (χ3n) is 6.53. The lowest BCUT2D eigenvalue weighted by Crippen LogP contribution is -2.44. The van der Waals surface area contributed by atoms with Crippen molar-refractivity contribution in [3.8, 4) is 17.2 Å². The van der Waals surface area contributed by atoms with Crippen LogP contribution in [0, 0.1) is 6.92 Å². The van der Waals surface area contributed by atoms with Crippen molar-refractivity contribution in [3.05, 3.63) is 64.8 Å². The maximum atomic E-state index is 13.7. The molecule has 0 bridgehead atoms. The molecule has 0 unspecified atom stereocenters. The highest BCUT2D eigenvalue weighted by Crippen LogP contribution is 2.49. The Labute approximate surface area is 227 Å². The van der Waals surface area contributed by atoms with Gasteiger partial charge in [-0.3, -0.25) is 14.5 Å². The molecule has 1 aromatic heterocycles. The second kappa shape index (κ2) is 10.0. The van der Waals surface area contributed by atoms with Crippen molar-refractivity contribution >= 4 is 29.4 Å². The Kier molecular flexibility index (Phi) is 6.90. The number of carbonyl (C=O) groups excluding carboxylic acids is 2. The molecule has 3 aromatic rings. The third-order valence-corrected chi connectivity index (χ3v) is 7.78. The molecule has 0 saturated carbocycles. The van der Waals surface area contributed by atoms with Crippen LogP contribution in [0.15, 0.2) is 42.5 Å². The van der Waals surface area contributed by atoms with Crippen molar-refractivity contribution in [2.75, 3.05) is 24.0 Å². The number of amides is 2. The maximum absolute atomic E-state index is 13.7. The highest BCUT2D eigenvalue weighted by molar-refractivity contribution is 8.00. The molecule has 0 saturated heterocycles. The molecule has 3 heterocycles. The topological polar surface area (TPSA) is 85.7 Å². The first-order valence-electron chi connectivity index (χ1n) is 12.8. The number of rotatable bonds is 5. The van der Waals surface area contributed by atoms with Gasteiger partial charge in [-0.05, 0) is 50.6 Å². The molecule has 0 radical (unpaired) electrons. The van der Waals surface area contributed by atoms with E-state index in [1.165, 1.54) is 0 Å². The number of thioether (sulfide) groups is 1. The third kappa shape index (κ3) is 4.99. The van der Waals surface area contributed by atoms with Crippen LogP contribution in [-0.4, -0.2) is 46.7 Å². The van der Waals surface area contributed by atoms with Crippen LogP contribution in [-0.2, 0) is 15.0 Å². The number of hydrogen-bond acceptors (Lipinski definition) is 6. The average molecular weight is 535 g/mol. The van der Waals surface area contributed by atoms with Crippen LogP contribution in [0.2, 0.25) is 0 Å². The van der Waals surface area contributed by atoms with Gasteiger partial charge in [-0.25, -0.2) is 4.68 Å². The van der Waals surface area contributed by atoms with Gasteiger partial charge in [0.05, 0.1) is 22.4 Å². The van der Waals surface area contributed by atoms with E-state index < -0.39 is 0 Å². The van der Waals surface area contributed by atoms with Gasteiger partial charge in [0.25, 0.3) is 0 Å². The summed E-state index contributed by atoms with van der Waals surface area (Å²) in [6.45, 7) is 12.3. The predicted molar refractivity (Wildman–Crippen MR) is 149 cm³/mol. The summed E-state index contributed by atoms with van der Waals surface area (Å²) in [6.07, 6.45) is 0. The second-order valence-electron chi connectivity index (χ2n) is 11.1. The van der Waals surface area contributed by atoms with Crippen molar-refractivity contribution < 1.29 is 19.1 Å². The van der Waals surface area contributed by atoms with Crippen molar-refractivity contribution in [2.45, 2.75) is 58.2 Å². The fraction of sp³-hybridized carbons (Fsp3) is 0.414. The summed E-state index contributed by atoms with van der Waals surface area (Å²) in [5, 5.41) is 7.87. The van der Waals surface area contributed by atoms with E-state index in [0.717, 1.165) is 28.1 Å². The van der Waals surface area contributed by atoms with Crippen molar-refractivity contribution in [1.29, 1.82) is 0 Å². The SMILES string of the molecule is Cc1ccc(-n2nc(C(C)(C)C)c3c2N(CC(=O)NC(C)C)C(=O)CS[C@H]3c2ccc3c(c2)OCO3)cc1. The summed E-state index contributed by atoms with van der Waals surface area (Å²) >= 11 is 1.55. The number of nitrogens with zero attached hydrogens (tertiary/aromatic N) is 3. The zero-order chi connectivity index (χ0) is 27.2. The van der Waals surface area contributed by atoms with E-state index in [1.807, 2.05) is 67.9 Å². The molecule has 9 heteroatoms. The molecule has 8 nitrogen and oxygen atoms in total. The average Bonchev–Trinajstić information content (AvgIpc) is 3.44. The van der Waals surface area contributed by atoms with Gasteiger partial charge >= 0.3 is 0 Å². The Morgan fingerprint density at radius 3 is 2.53 bits per heavy atom. The Morgan fingerprint density at radius 1 is 1.13 bits per heavy atom. The zero-order valence-corrected chi connectivity index (χ0v) is 23.5. The summed E-state index contributed by atoms with van der Waals surface area (Å²) in [5.41, 5.74) is 4.45. The first kappa shape index (κ1) is 26.2. The van der Waals surface area contributed by atoms with E-state index in [9.17, 15) is 9.59 Å². The molecule has 1 atom stereocenters. The number of nitrogens with one attached hydrogen (secondary N) is 1. The molecule has 5 rings (SSSR count). The summed E-state index contributed by atoms with van der Waals surface area (Å²) in [7, 11) is 0. The minimum atomic E-state index is -0.325. The normalized spacial score (nSPS) is 17.0. The van der Waals surface area contributed by atoms with Crippen LogP contribution in [0.25, 0.3) is 5.69 Å². The van der Waals surface area contributed by atoms with E-state index in [2.05, 4.69) is 26.1 Å². The standard InChI is InChI=1S/C29H34N4O4S/c1-17(2)30-23(34)14-32-24(35)15-38-26(19-9-12-21-22(13-19)37-16-36-21)25-27(29(4,5)6)31-33(28(25)32)20-10-7-18(3)8-11-20/h7-13,17,26H,14-16H2,1-6H3,(H,30,34)/t26-/m0/s1. The monoisotopic (exact) mass is 534 g/mol. The van der Waals surface area contributed by atoms with Crippen molar-refractivity contribution in [2.24, 2.45) is 0 Å². The van der Waals surface area contributed by atoms with Crippen LogP contribution in [0.3, 0.4) is 0 Å². The van der Waals surface area contributed by atoms with Crippen LogP contribution in [0.1, 0.15) is 62.3 Å². The van der Waals surface area contributed by atoms with Crippen LogP contribution in [0.4, 0.5) is 5.82 Å². The molecule has 0 fully saturated rings. The first-order chi connectivity index (χ1) is 18.0. The van der Waals surface area contributed by atoms with Gasteiger partial charge in [-0.2, -0.15) is 5.10 Å². The Bertz CT molecular complexity index is 1370. The van der Waals surface area contributed by atoms with Crippen LogP contribution >= 0.6 is 11.8 Å². The van der Waals surface area contributed by atoms with Gasteiger partial charge in [0.2, 0.25) is 18.6 Å². The number of aromatic nitrogens is 2. The first-order valence-corrected chi connectivity index (χ1v) is 13.9. The molecule has 2 aliphatic heterocycles. The smallest absolute Gasteiger partial charge is 0.240 e. The van der Waals surface area contributed by atoms with Crippen molar-refractivity contribution in [1.82, 2.24) is 15.1 Å². The fourth-order valence-electron chi connectivity index (χ4n) is 4.79. The largest absolute Gasteiger partial charge is 0.454 e. The molecule has 38 heavy (non-hydrogen) atoms. The lowest BCUT2D eigenvalue weighted by molar-refractivity contribution is -0.123. The number of hydrogen-bond donors (Lipinski definition) is 1. The molecular weight excluding hydrogens is 500 g/mol. The molecular formula is C29H34N4O4S. The van der Waals surface area contributed by atoms with Gasteiger partial charge in [0.15, 0.2) is 11.5 Å². The lowest BCUT2D eigenvalue weighted by Gasteiger charge is -2.25. The Hall–Kier alpha value is -3.46. The summed E-state index contributed by atoms with van der Waals surface area (Å²) in [5.74, 6) is 1.92. The molecule has 1 N–H and O–H groups in total. The molecule has 0 aliphatic carbocycles. The number of benzene rings is 2. The summed E-state index contributed by atoms with van der Waals surface area (Å²) < 4.78 is 13.1. The molecule has 200 valence electrons. The van der Waals surface area contributed by atoms with Crippen LogP contribution in [0.5, 0.6) is 11.5 Å². The summed E-state index contributed by atoms with van der Waals surface area (Å²) in [4.78, 5) is 28.3. The van der Waals surface area contributed by atoms with E-state index in [1.54, 1.807) is 16.7 Å². The Balaban J connectivity index is 1.75. The zero-order valence-electron chi connectivity index (χ0n) is 22.7. The van der Waals surface area contributed by atoms with Crippen LogP contribution < -0.4 is 19.7 Å². The van der Waals surface area contributed by atoms with E-state index in [0.29, 0.717) is 17.3 Å². The number of anilines is 1. The van der Waals surface area contributed by atoms with E-state index >= 15 is 0 Å². The molecule has 2 amide bonds. The minimum Gasteiger partial charge on any atom is -0.454 e. The molecule has 2 aliphatic rings. The summed E-state index contributed by atoms with van der Waals surface area (Å²) in [6, 6.07) is 13.9. The van der Waals surface area contributed by atoms with E-state index in [4.69, 9.17) is 14.6 Å². The maximum Gasteiger partial charge on any atom is 0.240 e. The number of aryl methyl sites for hydroxylation is 1. The van der Waals surface area contributed by atoms with Gasteiger partial charge in [-0.15, -0.1) is 11.8 Å². The quantitative estimate of drug-likeness (QED) is 0.501. The van der Waals surface area contributed by atoms with Gasteiger partial charge in [0.1, 0.15) is 12.4 Å². The molecule has 0 spiro atoms. The Morgan fingerprint density at radius 2 is 1.84 bits per heavy atom. The van der Waals surface area contributed by atoms with Gasteiger partial charge in [0, 0.05) is 17.0 Å². The highest BCUT2D eigenvalue weighted by Gasteiger charge is 2.40. The predicted octanol–water partition coefficient (Wildman–Crippen LogP) is 4.90. The van der Waals surface area contributed by atoms with Gasteiger partial charge in [-0.1, -0.05) is 44.5 Å². The van der Waals surface area contributed by atoms with Crippen molar-refractivity contribution in [3.63, 3.8) is 0 Å². The van der Waals surface area contributed by atoms with E-state index in [-0.39, 0.29) is 47.6 Å². The fourth-order valence-corrected chi connectivity index (χ4v) is 5.98. The number of carbonyl (C=O) groups is 2. The molecule has 2 aromatic carbocycles. The second-order valence-corrected chi connectivity index (χ2v) is 12.2. The number of fused-ring (bicyclic) bond motifs is 2. The highest BCUT2D eigenvalue weighted by atomic mass is 32.2. The number of ether oxygens (including phenoxy) is 2. The minimum absolute atomic E-state index is 0.0352. The van der Waals surface area contributed by atoms with Gasteiger partial charge < -0.3 is 14.8 Å². The lowest BCUT2D eigenvalue weighted by atomic mass is 9.87.